The third-order valence-corrected chi connectivity index (χ3v) is 8.67. The number of hydrogen-bond donors (Lipinski definition) is 3. The summed E-state index contributed by atoms with van der Waals surface area (Å²) in [6, 6.07) is 23.2. The lowest BCUT2D eigenvalue weighted by atomic mass is 10.1. The molecule has 1 amide bonds. The monoisotopic (exact) mass is 569 g/mol. The van der Waals surface area contributed by atoms with E-state index in [1.807, 2.05) is 13.0 Å². The number of amides is 1. The van der Waals surface area contributed by atoms with Crippen molar-refractivity contribution >= 4 is 54.6 Å². The second-order valence-electron chi connectivity index (χ2n) is 8.55. The number of aryl methyl sites for hydroxylation is 2. The largest absolute Gasteiger partial charge is 0.322 e. The third kappa shape index (κ3) is 6.52. The highest BCUT2D eigenvalue weighted by Crippen LogP contribution is 2.24. The van der Waals surface area contributed by atoms with E-state index in [2.05, 4.69) is 14.8 Å². The minimum absolute atomic E-state index is 0.0126. The summed E-state index contributed by atoms with van der Waals surface area (Å²) in [6.07, 6.45) is 0. The summed E-state index contributed by atoms with van der Waals surface area (Å²) in [7, 11) is -7.83. The minimum atomic E-state index is -3.95. The van der Waals surface area contributed by atoms with Gasteiger partial charge < -0.3 is 5.32 Å². The fraction of sp³-hybridized carbons (Fsp3) is 0.0741. The molecule has 11 heteroatoms. The fourth-order valence-electron chi connectivity index (χ4n) is 3.64. The molecule has 0 radical (unpaired) electrons. The highest BCUT2D eigenvalue weighted by Gasteiger charge is 2.20. The average molecular weight is 570 g/mol. The van der Waals surface area contributed by atoms with Crippen LogP contribution in [0.2, 0.25) is 5.02 Å². The molecule has 0 unspecified atom stereocenters. The maximum Gasteiger partial charge on any atom is 0.262 e. The molecule has 0 aliphatic rings. The van der Waals surface area contributed by atoms with Crippen LogP contribution in [0.3, 0.4) is 0 Å². The van der Waals surface area contributed by atoms with Crippen LogP contribution < -0.4 is 14.8 Å². The van der Waals surface area contributed by atoms with Crippen molar-refractivity contribution in [3.8, 4) is 0 Å². The van der Waals surface area contributed by atoms with Crippen LogP contribution >= 0.6 is 11.6 Å². The maximum absolute atomic E-state index is 13.0. The van der Waals surface area contributed by atoms with Crippen molar-refractivity contribution in [2.45, 2.75) is 23.6 Å². The van der Waals surface area contributed by atoms with E-state index in [0.29, 0.717) is 27.6 Å². The second kappa shape index (κ2) is 10.9. The number of benzene rings is 4. The van der Waals surface area contributed by atoms with Crippen molar-refractivity contribution in [2.75, 3.05) is 14.8 Å². The van der Waals surface area contributed by atoms with Crippen LogP contribution in [-0.4, -0.2) is 22.7 Å². The van der Waals surface area contributed by atoms with Gasteiger partial charge in [-0.15, -0.1) is 0 Å². The first-order valence-electron chi connectivity index (χ1n) is 11.3. The quantitative estimate of drug-likeness (QED) is 0.247. The Balaban J connectivity index is 1.50. The third-order valence-electron chi connectivity index (χ3n) is 5.51. The Morgan fingerprint density at radius 1 is 0.684 bits per heavy atom. The summed E-state index contributed by atoms with van der Waals surface area (Å²) < 4.78 is 56.4. The van der Waals surface area contributed by atoms with Gasteiger partial charge in [-0.3, -0.25) is 14.2 Å². The summed E-state index contributed by atoms with van der Waals surface area (Å²) >= 11 is 5.91. The molecule has 4 aromatic carbocycles. The first-order valence-corrected chi connectivity index (χ1v) is 14.7. The Kier molecular flexibility index (Phi) is 7.77. The van der Waals surface area contributed by atoms with Crippen LogP contribution in [0.4, 0.5) is 17.1 Å². The molecule has 4 aromatic rings. The van der Waals surface area contributed by atoms with Gasteiger partial charge in [0.2, 0.25) is 0 Å². The lowest BCUT2D eigenvalue weighted by Crippen LogP contribution is -2.17. The van der Waals surface area contributed by atoms with Gasteiger partial charge in [-0.2, -0.15) is 0 Å². The molecule has 0 saturated carbocycles. The highest BCUT2D eigenvalue weighted by atomic mass is 35.5. The number of rotatable bonds is 8. The predicted octanol–water partition coefficient (Wildman–Crippen LogP) is 5.81. The van der Waals surface area contributed by atoms with Gasteiger partial charge in [0.25, 0.3) is 26.0 Å². The SMILES string of the molecule is Cc1cccc(NS(=O)(=O)c2cc(C(=O)Nc3ccc(S(=O)(=O)Nc4cccc(Cl)c4)cc3)ccc2C)c1. The number of sulfonamides is 2. The number of nitrogens with one attached hydrogen (secondary N) is 3. The van der Waals surface area contributed by atoms with Gasteiger partial charge in [0.15, 0.2) is 0 Å². The van der Waals surface area contributed by atoms with E-state index in [9.17, 15) is 21.6 Å². The number of hydrogen-bond acceptors (Lipinski definition) is 5. The number of carbonyl (C=O) groups excluding carboxylic acids is 1. The molecular formula is C27H24ClN3O5S2. The van der Waals surface area contributed by atoms with Gasteiger partial charge in [-0.25, -0.2) is 16.8 Å². The van der Waals surface area contributed by atoms with Crippen LogP contribution in [0, 0.1) is 13.8 Å². The Hall–Kier alpha value is -3.86. The summed E-state index contributed by atoms with van der Waals surface area (Å²) in [5.41, 5.74) is 2.56. The van der Waals surface area contributed by atoms with Gasteiger partial charge in [-0.1, -0.05) is 35.9 Å². The van der Waals surface area contributed by atoms with E-state index in [0.717, 1.165) is 5.56 Å². The standard InChI is InChI=1S/C27H24ClN3O5S2/c1-18-5-3-7-23(15-18)31-38(35,36)26-16-20(10-9-19(26)2)27(32)29-22-11-13-25(14-12-22)37(33,34)30-24-8-4-6-21(28)17-24/h3-17,30-31H,1-2H3,(H,29,32). The molecule has 0 spiro atoms. The van der Waals surface area contributed by atoms with Crippen molar-refractivity contribution in [3.05, 3.63) is 113 Å². The predicted molar refractivity (Wildman–Crippen MR) is 150 cm³/mol. The van der Waals surface area contributed by atoms with Gasteiger partial charge in [0.1, 0.15) is 0 Å². The van der Waals surface area contributed by atoms with Gasteiger partial charge in [-0.05, 0) is 91.7 Å². The molecule has 4 rings (SSSR count). The van der Waals surface area contributed by atoms with Crippen molar-refractivity contribution in [1.82, 2.24) is 0 Å². The fourth-order valence-corrected chi connectivity index (χ4v) is 6.20. The molecule has 8 nitrogen and oxygen atoms in total. The maximum atomic E-state index is 13.0. The van der Waals surface area contributed by atoms with E-state index >= 15 is 0 Å². The lowest BCUT2D eigenvalue weighted by Gasteiger charge is -2.13. The molecular weight excluding hydrogens is 546 g/mol. The molecule has 0 aromatic heterocycles. The number of anilines is 3. The normalized spacial score (nSPS) is 11.6. The molecule has 0 saturated heterocycles. The van der Waals surface area contributed by atoms with Crippen molar-refractivity contribution in [2.24, 2.45) is 0 Å². The minimum Gasteiger partial charge on any atom is -0.322 e. The topological polar surface area (TPSA) is 121 Å². The van der Waals surface area contributed by atoms with E-state index in [1.165, 1.54) is 42.5 Å². The molecule has 0 heterocycles. The molecule has 3 N–H and O–H groups in total. The summed E-state index contributed by atoms with van der Waals surface area (Å²) in [5.74, 6) is -0.551. The van der Waals surface area contributed by atoms with Gasteiger partial charge >= 0.3 is 0 Å². The zero-order chi connectivity index (χ0) is 27.5. The van der Waals surface area contributed by atoms with E-state index in [4.69, 9.17) is 11.6 Å². The van der Waals surface area contributed by atoms with Crippen molar-refractivity contribution in [1.29, 1.82) is 0 Å². The Labute approximate surface area is 226 Å². The van der Waals surface area contributed by atoms with Crippen LogP contribution in [0.5, 0.6) is 0 Å². The smallest absolute Gasteiger partial charge is 0.262 e. The summed E-state index contributed by atoms with van der Waals surface area (Å²) in [5, 5.41) is 3.05. The Bertz CT molecular complexity index is 1720. The zero-order valence-corrected chi connectivity index (χ0v) is 22.8. The lowest BCUT2D eigenvalue weighted by molar-refractivity contribution is 0.102. The Morgan fingerprint density at radius 2 is 1.32 bits per heavy atom. The summed E-state index contributed by atoms with van der Waals surface area (Å²) in [4.78, 5) is 12.9. The average Bonchev–Trinajstić information content (AvgIpc) is 2.84. The summed E-state index contributed by atoms with van der Waals surface area (Å²) in [6.45, 7) is 3.49. The Morgan fingerprint density at radius 3 is 1.97 bits per heavy atom. The zero-order valence-electron chi connectivity index (χ0n) is 20.4. The van der Waals surface area contributed by atoms with Crippen LogP contribution in [-0.2, 0) is 20.0 Å². The number of carbonyl (C=O) groups is 1. The van der Waals surface area contributed by atoms with Crippen LogP contribution in [0.25, 0.3) is 0 Å². The first kappa shape index (κ1) is 27.2. The van der Waals surface area contributed by atoms with Crippen molar-refractivity contribution < 1.29 is 21.6 Å². The highest BCUT2D eigenvalue weighted by molar-refractivity contribution is 7.93. The van der Waals surface area contributed by atoms with Gasteiger partial charge in [0.05, 0.1) is 15.5 Å². The molecule has 0 fully saturated rings. The molecule has 0 atom stereocenters. The molecule has 38 heavy (non-hydrogen) atoms. The van der Waals surface area contributed by atoms with Crippen LogP contribution in [0.1, 0.15) is 21.5 Å². The van der Waals surface area contributed by atoms with Crippen LogP contribution in [0.15, 0.2) is 101 Å². The molecule has 0 aliphatic carbocycles. The van der Waals surface area contributed by atoms with E-state index in [1.54, 1.807) is 49.4 Å². The van der Waals surface area contributed by atoms with Gasteiger partial charge in [0, 0.05) is 22.0 Å². The molecule has 0 bridgehead atoms. The first-order chi connectivity index (χ1) is 17.9. The molecule has 196 valence electrons. The second-order valence-corrected chi connectivity index (χ2v) is 12.3. The number of halogens is 1. The van der Waals surface area contributed by atoms with Crippen molar-refractivity contribution in [3.63, 3.8) is 0 Å². The molecule has 0 aliphatic heterocycles. The van der Waals surface area contributed by atoms with E-state index in [-0.39, 0.29) is 15.4 Å². The van der Waals surface area contributed by atoms with E-state index < -0.39 is 26.0 Å².